The summed E-state index contributed by atoms with van der Waals surface area (Å²) in [6.45, 7) is 1.95. The zero-order valence-corrected chi connectivity index (χ0v) is 7.58. The smallest absolute Gasteiger partial charge is 0.317 e. The maximum absolute atomic E-state index is 10.4. The Labute approximate surface area is 77.3 Å². The van der Waals surface area contributed by atoms with E-state index in [2.05, 4.69) is 10.6 Å². The van der Waals surface area contributed by atoms with Crippen LogP contribution in [0, 0.1) is 0 Å². The molecule has 4 heteroatoms. The topological polar surface area (TPSA) is 61.4 Å². The second-order valence-corrected chi connectivity index (χ2v) is 2.93. The molecule has 3 N–H and O–H groups in total. The van der Waals surface area contributed by atoms with Crippen LogP contribution in [0.5, 0.6) is 0 Å². The van der Waals surface area contributed by atoms with E-state index < -0.39 is 11.6 Å². The fraction of sp³-hybridized carbons (Fsp3) is 0.444. The van der Waals surface area contributed by atoms with Gasteiger partial charge in [-0.1, -0.05) is 13.0 Å². The van der Waals surface area contributed by atoms with Crippen molar-refractivity contribution < 1.29 is 9.90 Å². The van der Waals surface area contributed by atoms with E-state index in [1.165, 1.54) is 0 Å². The molecule has 0 bridgehead atoms. The van der Waals surface area contributed by atoms with E-state index in [9.17, 15) is 4.79 Å². The van der Waals surface area contributed by atoms with E-state index in [0.717, 1.165) is 6.42 Å². The summed E-state index contributed by atoms with van der Waals surface area (Å²) >= 11 is 0. The third kappa shape index (κ3) is 2.59. The molecule has 13 heavy (non-hydrogen) atoms. The fourth-order valence-electron chi connectivity index (χ4n) is 1.21. The van der Waals surface area contributed by atoms with Crippen LogP contribution in [-0.4, -0.2) is 23.3 Å². The van der Waals surface area contributed by atoms with Crippen LogP contribution in [0.15, 0.2) is 24.4 Å². The van der Waals surface area contributed by atoms with Crippen LogP contribution in [0.4, 0.5) is 0 Å². The minimum Gasteiger partial charge on any atom is -0.480 e. The molecule has 0 aromatic rings. The summed E-state index contributed by atoms with van der Waals surface area (Å²) in [5.74, 6) is -0.849. The number of rotatable bonds is 4. The molecular formula is C9H14N2O2. The second kappa shape index (κ2) is 4.09. The van der Waals surface area contributed by atoms with Gasteiger partial charge in [-0.25, -0.2) is 0 Å². The van der Waals surface area contributed by atoms with Crippen LogP contribution >= 0.6 is 0 Å². The third-order valence-corrected chi connectivity index (χ3v) is 2.04. The first-order valence-electron chi connectivity index (χ1n) is 4.27. The summed E-state index contributed by atoms with van der Waals surface area (Å²) < 4.78 is 0. The highest BCUT2D eigenvalue weighted by Gasteiger charge is 2.24. The summed E-state index contributed by atoms with van der Waals surface area (Å²) in [4.78, 5) is 10.4. The van der Waals surface area contributed by atoms with Crippen LogP contribution in [0.2, 0.25) is 0 Å². The predicted molar refractivity (Wildman–Crippen MR) is 50.1 cm³/mol. The molecule has 1 heterocycles. The van der Waals surface area contributed by atoms with Crippen LogP contribution in [0.25, 0.3) is 0 Å². The first-order valence-corrected chi connectivity index (χ1v) is 4.27. The molecule has 72 valence electrons. The molecule has 0 saturated carbocycles. The van der Waals surface area contributed by atoms with Crippen LogP contribution < -0.4 is 10.6 Å². The molecule has 1 atom stereocenters. The van der Waals surface area contributed by atoms with Gasteiger partial charge in [-0.3, -0.25) is 10.1 Å². The van der Waals surface area contributed by atoms with Gasteiger partial charge in [0.15, 0.2) is 0 Å². The van der Waals surface area contributed by atoms with Gasteiger partial charge in [0.05, 0.1) is 6.54 Å². The molecular weight excluding hydrogens is 168 g/mol. The predicted octanol–water partition coefficient (Wildman–Crippen LogP) is 0.440. The highest BCUT2D eigenvalue weighted by atomic mass is 16.4. The van der Waals surface area contributed by atoms with Gasteiger partial charge < -0.3 is 10.4 Å². The highest BCUT2D eigenvalue weighted by Crippen LogP contribution is 2.11. The molecule has 0 aromatic heterocycles. The van der Waals surface area contributed by atoms with Crippen molar-refractivity contribution in [2.24, 2.45) is 0 Å². The largest absolute Gasteiger partial charge is 0.480 e. The molecule has 1 unspecified atom stereocenters. The molecule has 1 aliphatic rings. The first kappa shape index (κ1) is 9.80. The molecule has 4 nitrogen and oxygen atoms in total. The van der Waals surface area contributed by atoms with Gasteiger partial charge in [-0.05, 0) is 24.8 Å². The van der Waals surface area contributed by atoms with Crippen LogP contribution in [-0.2, 0) is 4.79 Å². The minimum absolute atomic E-state index is 0.0426. The van der Waals surface area contributed by atoms with Crippen molar-refractivity contribution in [2.45, 2.75) is 19.0 Å². The second-order valence-electron chi connectivity index (χ2n) is 2.93. The lowest BCUT2D eigenvalue weighted by molar-refractivity contribution is -0.136. The number of allylic oxidation sites excluding steroid dienone is 2. The van der Waals surface area contributed by atoms with Crippen molar-refractivity contribution in [2.75, 3.05) is 6.54 Å². The Morgan fingerprint density at radius 1 is 1.62 bits per heavy atom. The molecule has 0 aromatic carbocycles. The number of carboxylic acid groups (broad SMARTS) is 1. The average Bonchev–Trinajstić information content (AvgIpc) is 2.16. The molecule has 1 aliphatic heterocycles. The van der Waals surface area contributed by atoms with Gasteiger partial charge in [0.1, 0.15) is 5.66 Å². The number of carbonyl (C=O) groups is 1. The van der Waals surface area contributed by atoms with E-state index in [-0.39, 0.29) is 6.54 Å². The summed E-state index contributed by atoms with van der Waals surface area (Å²) in [5, 5.41) is 14.6. The van der Waals surface area contributed by atoms with Gasteiger partial charge >= 0.3 is 5.97 Å². The van der Waals surface area contributed by atoms with Gasteiger partial charge in [0.25, 0.3) is 0 Å². The lowest BCUT2D eigenvalue weighted by atomic mass is 10.0. The van der Waals surface area contributed by atoms with Gasteiger partial charge in [-0.15, -0.1) is 0 Å². The normalized spacial score (nSPS) is 25.6. The Morgan fingerprint density at radius 2 is 2.38 bits per heavy atom. The molecule has 0 fully saturated rings. The van der Waals surface area contributed by atoms with Crippen molar-refractivity contribution in [3.8, 4) is 0 Å². The van der Waals surface area contributed by atoms with Crippen molar-refractivity contribution in [3.63, 3.8) is 0 Å². The Hall–Kier alpha value is -1.29. The molecule has 0 aliphatic carbocycles. The summed E-state index contributed by atoms with van der Waals surface area (Å²) in [5.41, 5.74) is -0.396. The van der Waals surface area contributed by atoms with Gasteiger partial charge in [-0.2, -0.15) is 0 Å². The monoisotopic (exact) mass is 182 g/mol. The van der Waals surface area contributed by atoms with E-state index >= 15 is 0 Å². The summed E-state index contributed by atoms with van der Waals surface area (Å²) in [6.07, 6.45) is 8.29. The number of hydrogen-bond donors (Lipinski definition) is 3. The van der Waals surface area contributed by atoms with E-state index in [1.54, 1.807) is 6.20 Å². The maximum atomic E-state index is 10.4. The van der Waals surface area contributed by atoms with Gasteiger partial charge in [0.2, 0.25) is 0 Å². The number of hydrogen-bond acceptors (Lipinski definition) is 3. The minimum atomic E-state index is -0.849. The van der Waals surface area contributed by atoms with E-state index in [0.29, 0.717) is 0 Å². The fourth-order valence-corrected chi connectivity index (χ4v) is 1.21. The average molecular weight is 182 g/mol. The standard InChI is InChI=1S/C9H14N2O2/c1-2-9(11-7-8(12)13)5-3-4-6-10-9/h3-6,10-11H,2,7H2,1H3,(H,12,13). The number of dihydropyridines is 1. The number of carboxylic acids is 1. The van der Waals surface area contributed by atoms with Crippen LogP contribution in [0.1, 0.15) is 13.3 Å². The van der Waals surface area contributed by atoms with Crippen molar-refractivity contribution in [1.29, 1.82) is 0 Å². The zero-order valence-electron chi connectivity index (χ0n) is 7.58. The summed E-state index contributed by atoms with van der Waals surface area (Å²) in [7, 11) is 0. The Bertz CT molecular complexity index is 248. The molecule has 0 spiro atoms. The molecule has 1 rings (SSSR count). The quantitative estimate of drug-likeness (QED) is 0.590. The zero-order chi connectivity index (χ0) is 9.73. The Balaban J connectivity index is 2.55. The first-order chi connectivity index (χ1) is 6.18. The SMILES string of the molecule is CCC1(NCC(=O)O)C=CC=CN1. The summed E-state index contributed by atoms with van der Waals surface area (Å²) in [6, 6.07) is 0. The van der Waals surface area contributed by atoms with Crippen molar-refractivity contribution >= 4 is 5.97 Å². The number of aliphatic carboxylic acids is 1. The lowest BCUT2D eigenvalue weighted by Gasteiger charge is -2.32. The molecule has 0 saturated heterocycles. The van der Waals surface area contributed by atoms with Crippen molar-refractivity contribution in [3.05, 3.63) is 24.4 Å². The number of nitrogens with one attached hydrogen (secondary N) is 2. The molecule has 0 amide bonds. The third-order valence-electron chi connectivity index (χ3n) is 2.04. The van der Waals surface area contributed by atoms with Gasteiger partial charge in [0, 0.05) is 0 Å². The maximum Gasteiger partial charge on any atom is 0.317 e. The van der Waals surface area contributed by atoms with Crippen LogP contribution in [0.3, 0.4) is 0 Å². The van der Waals surface area contributed by atoms with E-state index in [1.807, 2.05) is 25.2 Å². The Morgan fingerprint density at radius 3 is 2.85 bits per heavy atom. The van der Waals surface area contributed by atoms with Crippen molar-refractivity contribution in [1.82, 2.24) is 10.6 Å². The van der Waals surface area contributed by atoms with E-state index in [4.69, 9.17) is 5.11 Å². The molecule has 0 radical (unpaired) electrons. The Kier molecular flexibility index (Phi) is 3.08. The highest BCUT2D eigenvalue weighted by molar-refractivity contribution is 5.69. The lowest BCUT2D eigenvalue weighted by Crippen LogP contribution is -2.55.